The Bertz CT molecular complexity index is 561. The molecule has 20 heavy (non-hydrogen) atoms. The number of aromatic nitrogens is 4. The predicted octanol–water partition coefficient (Wildman–Crippen LogP) is 1.19. The van der Waals surface area contributed by atoms with Crippen LogP contribution >= 0.6 is 11.6 Å². The van der Waals surface area contributed by atoms with Crippen LogP contribution in [-0.4, -0.2) is 50.6 Å². The van der Waals surface area contributed by atoms with E-state index in [1.807, 2.05) is 17.8 Å². The van der Waals surface area contributed by atoms with Crippen LogP contribution in [0.1, 0.15) is 5.82 Å². The molecule has 0 aliphatic carbocycles. The predicted molar refractivity (Wildman–Crippen MR) is 77.7 cm³/mol. The third-order valence-electron chi connectivity index (χ3n) is 3.64. The summed E-state index contributed by atoms with van der Waals surface area (Å²) in [4.78, 5) is 17.4. The van der Waals surface area contributed by atoms with Crippen molar-refractivity contribution in [3.63, 3.8) is 0 Å². The van der Waals surface area contributed by atoms with E-state index in [1.54, 1.807) is 18.6 Å². The molecule has 2 aromatic rings. The van der Waals surface area contributed by atoms with Crippen molar-refractivity contribution in [2.45, 2.75) is 6.54 Å². The monoisotopic (exact) mass is 292 g/mol. The van der Waals surface area contributed by atoms with Crippen molar-refractivity contribution in [3.8, 4) is 0 Å². The number of halogens is 1. The number of anilines is 1. The van der Waals surface area contributed by atoms with Gasteiger partial charge in [-0.25, -0.2) is 9.97 Å². The van der Waals surface area contributed by atoms with Crippen molar-refractivity contribution in [1.82, 2.24) is 24.4 Å². The van der Waals surface area contributed by atoms with Crippen LogP contribution in [0, 0.1) is 0 Å². The second-order valence-electron chi connectivity index (χ2n) is 4.88. The Morgan fingerprint density at radius 3 is 2.50 bits per heavy atom. The summed E-state index contributed by atoms with van der Waals surface area (Å²) in [6.07, 6.45) is 6.95. The van der Waals surface area contributed by atoms with E-state index in [9.17, 15) is 0 Å². The highest BCUT2D eigenvalue weighted by Gasteiger charge is 2.19. The number of imidazole rings is 1. The highest BCUT2D eigenvalue weighted by atomic mass is 35.5. The van der Waals surface area contributed by atoms with Crippen LogP contribution < -0.4 is 4.90 Å². The van der Waals surface area contributed by atoms with Gasteiger partial charge in [0.25, 0.3) is 0 Å². The number of hydrogen-bond acceptors (Lipinski definition) is 5. The molecule has 0 bridgehead atoms. The normalized spacial score (nSPS) is 16.6. The Balaban J connectivity index is 1.58. The van der Waals surface area contributed by atoms with Crippen LogP contribution in [0.4, 0.5) is 5.82 Å². The highest BCUT2D eigenvalue weighted by Crippen LogP contribution is 2.15. The fourth-order valence-corrected chi connectivity index (χ4v) is 2.51. The number of piperazine rings is 1. The molecule has 7 heteroatoms. The summed E-state index contributed by atoms with van der Waals surface area (Å²) in [6, 6.07) is 0. The van der Waals surface area contributed by atoms with Gasteiger partial charge in [0, 0.05) is 45.6 Å². The number of rotatable bonds is 3. The summed E-state index contributed by atoms with van der Waals surface area (Å²) in [6.45, 7) is 4.72. The van der Waals surface area contributed by atoms with Gasteiger partial charge in [-0.05, 0) is 0 Å². The third-order valence-corrected chi connectivity index (χ3v) is 3.99. The van der Waals surface area contributed by atoms with Crippen LogP contribution in [0.3, 0.4) is 0 Å². The summed E-state index contributed by atoms with van der Waals surface area (Å²) in [5.74, 6) is 1.95. The molecule has 0 aromatic carbocycles. The van der Waals surface area contributed by atoms with Gasteiger partial charge in [0.05, 0.1) is 18.9 Å². The van der Waals surface area contributed by atoms with E-state index >= 15 is 0 Å². The lowest BCUT2D eigenvalue weighted by atomic mass is 10.3. The molecule has 0 atom stereocenters. The van der Waals surface area contributed by atoms with Crippen molar-refractivity contribution < 1.29 is 0 Å². The fourth-order valence-electron chi connectivity index (χ4n) is 2.36. The Kier molecular flexibility index (Phi) is 3.84. The van der Waals surface area contributed by atoms with Gasteiger partial charge in [0.1, 0.15) is 16.8 Å². The van der Waals surface area contributed by atoms with Crippen molar-refractivity contribution in [3.05, 3.63) is 35.8 Å². The molecule has 2 aromatic heterocycles. The molecule has 1 fully saturated rings. The zero-order valence-electron chi connectivity index (χ0n) is 11.4. The van der Waals surface area contributed by atoms with Crippen molar-refractivity contribution >= 4 is 17.4 Å². The highest BCUT2D eigenvalue weighted by molar-refractivity contribution is 6.29. The third kappa shape index (κ3) is 2.76. The van der Waals surface area contributed by atoms with E-state index in [-0.39, 0.29) is 0 Å². The molecule has 3 heterocycles. The maximum absolute atomic E-state index is 6.01. The topological polar surface area (TPSA) is 50.1 Å². The average Bonchev–Trinajstić information content (AvgIpc) is 2.81. The first-order valence-corrected chi connectivity index (χ1v) is 7.01. The summed E-state index contributed by atoms with van der Waals surface area (Å²) in [5.41, 5.74) is 0. The van der Waals surface area contributed by atoms with Gasteiger partial charge in [0.2, 0.25) is 0 Å². The molecule has 0 unspecified atom stereocenters. The molecule has 3 rings (SSSR count). The summed E-state index contributed by atoms with van der Waals surface area (Å²) < 4.78 is 1.93. The molecule has 0 N–H and O–H groups in total. The van der Waals surface area contributed by atoms with Gasteiger partial charge in [0.15, 0.2) is 0 Å². The largest absolute Gasteiger partial charge is 0.353 e. The minimum absolute atomic E-state index is 0.679. The standard InChI is InChI=1S/C13H17ClN6/c1-18-11(14)8-17-13(18)10-19-4-6-20(7-5-19)12-9-15-2-3-16-12/h2-3,8-9H,4-7,10H2,1H3. The SMILES string of the molecule is Cn1c(Cl)cnc1CN1CCN(c2cnccn2)CC1. The fraction of sp³-hybridized carbons (Fsp3) is 0.462. The minimum Gasteiger partial charge on any atom is -0.353 e. The van der Waals surface area contributed by atoms with Crippen LogP contribution in [0.2, 0.25) is 5.15 Å². The molecule has 0 amide bonds. The maximum Gasteiger partial charge on any atom is 0.147 e. The second-order valence-corrected chi connectivity index (χ2v) is 5.27. The first-order valence-electron chi connectivity index (χ1n) is 6.63. The molecule has 106 valence electrons. The lowest BCUT2D eigenvalue weighted by Crippen LogP contribution is -2.46. The van der Waals surface area contributed by atoms with Crippen LogP contribution in [0.5, 0.6) is 0 Å². The molecule has 0 spiro atoms. The van der Waals surface area contributed by atoms with E-state index in [0.717, 1.165) is 44.4 Å². The molecular weight excluding hydrogens is 276 g/mol. The first-order chi connectivity index (χ1) is 9.74. The number of nitrogens with zero attached hydrogens (tertiary/aromatic N) is 6. The Labute approximate surface area is 123 Å². The van der Waals surface area contributed by atoms with Crippen molar-refractivity contribution in [2.75, 3.05) is 31.1 Å². The van der Waals surface area contributed by atoms with E-state index in [2.05, 4.69) is 24.8 Å². The van der Waals surface area contributed by atoms with Crippen LogP contribution in [0.15, 0.2) is 24.8 Å². The van der Waals surface area contributed by atoms with Crippen molar-refractivity contribution in [2.24, 2.45) is 7.05 Å². The van der Waals surface area contributed by atoms with Gasteiger partial charge in [-0.2, -0.15) is 0 Å². The van der Waals surface area contributed by atoms with Gasteiger partial charge < -0.3 is 9.47 Å². The van der Waals surface area contributed by atoms with Crippen LogP contribution in [0.25, 0.3) is 0 Å². The van der Waals surface area contributed by atoms with Gasteiger partial charge in [-0.1, -0.05) is 11.6 Å². The Morgan fingerprint density at radius 2 is 1.90 bits per heavy atom. The first kappa shape index (κ1) is 13.3. The second kappa shape index (κ2) is 5.76. The Hall–Kier alpha value is -1.66. The molecular formula is C13H17ClN6. The Morgan fingerprint density at radius 1 is 1.10 bits per heavy atom. The van der Waals surface area contributed by atoms with Gasteiger partial charge in [-0.3, -0.25) is 9.88 Å². The molecule has 1 aliphatic heterocycles. The minimum atomic E-state index is 0.679. The maximum atomic E-state index is 6.01. The summed E-state index contributed by atoms with van der Waals surface area (Å²) in [7, 11) is 1.94. The van der Waals surface area contributed by atoms with E-state index < -0.39 is 0 Å². The van der Waals surface area contributed by atoms with E-state index in [4.69, 9.17) is 11.6 Å². The van der Waals surface area contributed by atoms with E-state index in [1.165, 1.54) is 0 Å². The van der Waals surface area contributed by atoms with Crippen LogP contribution in [-0.2, 0) is 13.6 Å². The number of hydrogen-bond donors (Lipinski definition) is 0. The zero-order valence-corrected chi connectivity index (χ0v) is 12.2. The zero-order chi connectivity index (χ0) is 13.9. The molecule has 1 saturated heterocycles. The smallest absolute Gasteiger partial charge is 0.147 e. The van der Waals surface area contributed by atoms with Gasteiger partial charge >= 0.3 is 0 Å². The lowest BCUT2D eigenvalue weighted by molar-refractivity contribution is 0.241. The molecule has 0 saturated carbocycles. The average molecular weight is 293 g/mol. The summed E-state index contributed by atoms with van der Waals surface area (Å²) in [5, 5.41) is 0.679. The molecule has 0 radical (unpaired) electrons. The van der Waals surface area contributed by atoms with Crippen molar-refractivity contribution in [1.29, 1.82) is 0 Å². The molecule has 6 nitrogen and oxygen atoms in total. The quantitative estimate of drug-likeness (QED) is 0.850. The summed E-state index contributed by atoms with van der Waals surface area (Å²) >= 11 is 6.01. The van der Waals surface area contributed by atoms with E-state index in [0.29, 0.717) is 5.15 Å². The molecule has 1 aliphatic rings. The lowest BCUT2D eigenvalue weighted by Gasteiger charge is -2.34. The van der Waals surface area contributed by atoms with Gasteiger partial charge in [-0.15, -0.1) is 0 Å².